The van der Waals surface area contributed by atoms with E-state index in [4.69, 9.17) is 23.2 Å². The van der Waals surface area contributed by atoms with E-state index in [1.807, 2.05) is 12.1 Å². The molecule has 0 aromatic heterocycles. The normalized spacial score (nSPS) is 10.2. The van der Waals surface area contributed by atoms with Gasteiger partial charge in [-0.15, -0.1) is 0 Å². The van der Waals surface area contributed by atoms with Gasteiger partial charge in [-0.25, -0.2) is 0 Å². The minimum absolute atomic E-state index is 0.199. The third kappa shape index (κ3) is 4.66. The lowest BCUT2D eigenvalue weighted by molar-refractivity contribution is 0.102. The highest BCUT2D eigenvalue weighted by molar-refractivity contribution is 6.35. The molecule has 21 heavy (non-hydrogen) atoms. The number of carbonyl (C=O) groups is 1. The predicted octanol–water partition coefficient (Wildman–Crippen LogP) is 5.07. The summed E-state index contributed by atoms with van der Waals surface area (Å²) < 4.78 is 0. The molecule has 0 unspecified atom stereocenters. The van der Waals surface area contributed by atoms with Crippen molar-refractivity contribution in [1.82, 2.24) is 0 Å². The van der Waals surface area contributed by atoms with Gasteiger partial charge in [0.2, 0.25) is 0 Å². The van der Waals surface area contributed by atoms with Crippen LogP contribution in [0.5, 0.6) is 0 Å². The fourth-order valence-corrected chi connectivity index (χ4v) is 2.36. The van der Waals surface area contributed by atoms with Gasteiger partial charge in [-0.05, 0) is 48.9 Å². The van der Waals surface area contributed by atoms with E-state index in [2.05, 4.69) is 17.6 Å². The maximum atomic E-state index is 12.1. The Morgan fingerprint density at radius 2 is 1.62 bits per heavy atom. The number of benzene rings is 2. The van der Waals surface area contributed by atoms with E-state index >= 15 is 0 Å². The molecule has 3 nitrogen and oxygen atoms in total. The maximum Gasteiger partial charge on any atom is 0.255 e. The molecule has 0 saturated heterocycles. The first-order valence-electron chi connectivity index (χ1n) is 6.70. The molecule has 0 spiro atoms. The molecule has 0 aliphatic rings. The summed E-state index contributed by atoms with van der Waals surface area (Å²) in [5.74, 6) is -0.199. The van der Waals surface area contributed by atoms with E-state index in [1.165, 1.54) is 0 Å². The summed E-state index contributed by atoms with van der Waals surface area (Å²) in [5.41, 5.74) is 2.15. The monoisotopic (exact) mass is 322 g/mol. The van der Waals surface area contributed by atoms with Crippen molar-refractivity contribution in [2.75, 3.05) is 17.2 Å². The fourth-order valence-electron chi connectivity index (χ4n) is 1.84. The van der Waals surface area contributed by atoms with Crippen molar-refractivity contribution in [1.29, 1.82) is 0 Å². The van der Waals surface area contributed by atoms with Crippen LogP contribution in [0.25, 0.3) is 0 Å². The van der Waals surface area contributed by atoms with Gasteiger partial charge in [-0.1, -0.05) is 30.1 Å². The lowest BCUT2D eigenvalue weighted by Crippen LogP contribution is -2.12. The molecule has 110 valence electrons. The first-order chi connectivity index (χ1) is 10.1. The lowest BCUT2D eigenvalue weighted by Gasteiger charge is -2.08. The molecule has 0 saturated carbocycles. The number of hydrogen-bond acceptors (Lipinski definition) is 2. The Balaban J connectivity index is 2.06. The molecule has 0 atom stereocenters. The topological polar surface area (TPSA) is 41.1 Å². The zero-order valence-corrected chi connectivity index (χ0v) is 13.1. The van der Waals surface area contributed by atoms with Gasteiger partial charge in [-0.2, -0.15) is 0 Å². The van der Waals surface area contributed by atoms with Gasteiger partial charge in [-0.3, -0.25) is 4.79 Å². The molecule has 2 aromatic rings. The van der Waals surface area contributed by atoms with Crippen molar-refractivity contribution in [3.8, 4) is 0 Å². The molecule has 0 aliphatic heterocycles. The average Bonchev–Trinajstić information content (AvgIpc) is 2.44. The van der Waals surface area contributed by atoms with Crippen molar-refractivity contribution >= 4 is 40.5 Å². The van der Waals surface area contributed by atoms with E-state index in [1.54, 1.807) is 30.3 Å². The highest BCUT2D eigenvalue weighted by Gasteiger charge is 2.07. The first kappa shape index (κ1) is 15.7. The van der Waals surface area contributed by atoms with E-state index in [-0.39, 0.29) is 5.91 Å². The smallest absolute Gasteiger partial charge is 0.255 e. The number of carbonyl (C=O) groups excluding carboxylic acids is 1. The van der Waals surface area contributed by atoms with Crippen molar-refractivity contribution in [2.45, 2.75) is 13.3 Å². The zero-order valence-electron chi connectivity index (χ0n) is 11.6. The summed E-state index contributed by atoms with van der Waals surface area (Å²) in [4.78, 5) is 12.1. The molecular weight excluding hydrogens is 307 g/mol. The molecule has 0 radical (unpaired) electrons. The van der Waals surface area contributed by atoms with Crippen LogP contribution in [-0.2, 0) is 0 Å². The fraction of sp³-hybridized carbons (Fsp3) is 0.188. The summed E-state index contributed by atoms with van der Waals surface area (Å²) in [6.07, 6.45) is 1.05. The van der Waals surface area contributed by atoms with E-state index in [0.29, 0.717) is 21.3 Å². The van der Waals surface area contributed by atoms with Crippen molar-refractivity contribution < 1.29 is 4.79 Å². The molecule has 5 heteroatoms. The second-order valence-electron chi connectivity index (χ2n) is 4.62. The number of anilines is 2. The molecule has 0 bridgehead atoms. The molecule has 0 aliphatic carbocycles. The van der Waals surface area contributed by atoms with Gasteiger partial charge in [0.05, 0.1) is 0 Å². The number of amides is 1. The summed E-state index contributed by atoms with van der Waals surface area (Å²) >= 11 is 11.8. The number of nitrogens with one attached hydrogen (secondary N) is 2. The van der Waals surface area contributed by atoms with Crippen LogP contribution < -0.4 is 10.6 Å². The lowest BCUT2D eigenvalue weighted by atomic mass is 10.2. The molecule has 0 heterocycles. The second-order valence-corrected chi connectivity index (χ2v) is 5.49. The van der Waals surface area contributed by atoms with Gasteiger partial charge in [0, 0.05) is 33.5 Å². The number of halogens is 2. The molecular formula is C16H16Cl2N2O. The molecule has 2 rings (SSSR count). The summed E-state index contributed by atoms with van der Waals surface area (Å²) in [7, 11) is 0. The number of rotatable bonds is 5. The third-order valence-electron chi connectivity index (χ3n) is 2.85. The largest absolute Gasteiger partial charge is 0.385 e. The Morgan fingerprint density at radius 1 is 1.00 bits per heavy atom. The van der Waals surface area contributed by atoms with Gasteiger partial charge < -0.3 is 10.6 Å². The van der Waals surface area contributed by atoms with E-state index < -0.39 is 0 Å². The van der Waals surface area contributed by atoms with Crippen LogP contribution in [0.1, 0.15) is 23.7 Å². The first-order valence-corrected chi connectivity index (χ1v) is 7.45. The maximum absolute atomic E-state index is 12.1. The second kappa shape index (κ2) is 7.34. The quantitative estimate of drug-likeness (QED) is 0.807. The van der Waals surface area contributed by atoms with Crippen molar-refractivity contribution in [3.05, 3.63) is 58.1 Å². The third-order valence-corrected chi connectivity index (χ3v) is 3.28. The minimum atomic E-state index is -0.199. The van der Waals surface area contributed by atoms with Crippen molar-refractivity contribution in [2.24, 2.45) is 0 Å². The van der Waals surface area contributed by atoms with E-state index in [0.717, 1.165) is 18.7 Å². The molecule has 2 aromatic carbocycles. The molecule has 1 amide bonds. The van der Waals surface area contributed by atoms with Crippen LogP contribution in [0, 0.1) is 0 Å². The van der Waals surface area contributed by atoms with Gasteiger partial charge in [0.15, 0.2) is 0 Å². The van der Waals surface area contributed by atoms with Crippen LogP contribution in [-0.4, -0.2) is 12.5 Å². The Hall–Kier alpha value is -1.71. The summed E-state index contributed by atoms with van der Waals surface area (Å²) in [5, 5.41) is 7.00. The van der Waals surface area contributed by atoms with Gasteiger partial charge >= 0.3 is 0 Å². The highest BCUT2D eigenvalue weighted by atomic mass is 35.5. The van der Waals surface area contributed by atoms with Crippen LogP contribution >= 0.6 is 23.2 Å². The zero-order chi connectivity index (χ0) is 15.2. The molecule has 2 N–H and O–H groups in total. The minimum Gasteiger partial charge on any atom is -0.385 e. The van der Waals surface area contributed by atoms with Crippen molar-refractivity contribution in [3.63, 3.8) is 0 Å². The Bertz CT molecular complexity index is 606. The number of hydrogen-bond donors (Lipinski definition) is 2. The standard InChI is InChI=1S/C16H16Cl2N2O/c1-2-7-19-14-5-3-11(4-6-14)16(21)20-15-9-12(17)8-13(18)10-15/h3-6,8-10,19H,2,7H2,1H3,(H,20,21). The van der Waals surface area contributed by atoms with Gasteiger partial charge in [0.25, 0.3) is 5.91 Å². The molecule has 0 fully saturated rings. The average molecular weight is 323 g/mol. The predicted molar refractivity (Wildman–Crippen MR) is 89.6 cm³/mol. The summed E-state index contributed by atoms with van der Waals surface area (Å²) in [6, 6.07) is 12.3. The Morgan fingerprint density at radius 3 is 2.19 bits per heavy atom. The Kier molecular flexibility index (Phi) is 5.48. The summed E-state index contributed by atoms with van der Waals surface area (Å²) in [6.45, 7) is 3.01. The van der Waals surface area contributed by atoms with E-state index in [9.17, 15) is 4.79 Å². The Labute approximate surface area is 134 Å². The van der Waals surface area contributed by atoms with Crippen LogP contribution in [0.3, 0.4) is 0 Å². The van der Waals surface area contributed by atoms with Crippen LogP contribution in [0.2, 0.25) is 10.0 Å². The highest BCUT2D eigenvalue weighted by Crippen LogP contribution is 2.23. The van der Waals surface area contributed by atoms with Crippen LogP contribution in [0.4, 0.5) is 11.4 Å². The van der Waals surface area contributed by atoms with Crippen LogP contribution in [0.15, 0.2) is 42.5 Å². The van der Waals surface area contributed by atoms with Gasteiger partial charge in [0.1, 0.15) is 0 Å². The SMILES string of the molecule is CCCNc1ccc(C(=O)Nc2cc(Cl)cc(Cl)c2)cc1.